The number of hydrogen-bond acceptors (Lipinski definition) is 4. The molecule has 2 aromatic rings. The van der Waals surface area contributed by atoms with Gasteiger partial charge in [0.25, 0.3) is 0 Å². The lowest BCUT2D eigenvalue weighted by atomic mass is 10.2. The van der Waals surface area contributed by atoms with E-state index in [1.165, 1.54) is 16.9 Å². The highest BCUT2D eigenvalue weighted by Crippen LogP contribution is 2.19. The maximum absolute atomic E-state index is 5.38. The number of nitrogens with zero attached hydrogens (tertiary/aromatic N) is 3. The van der Waals surface area contributed by atoms with Gasteiger partial charge in [-0.3, -0.25) is 4.68 Å². The van der Waals surface area contributed by atoms with Crippen LogP contribution >= 0.6 is 0 Å². The van der Waals surface area contributed by atoms with E-state index in [4.69, 9.17) is 4.74 Å². The Bertz CT molecular complexity index is 585. The van der Waals surface area contributed by atoms with E-state index in [1.807, 2.05) is 17.9 Å². The van der Waals surface area contributed by atoms with Crippen LogP contribution in [-0.2, 0) is 18.3 Å². The predicted octanol–water partition coefficient (Wildman–Crippen LogP) is 2.18. The van der Waals surface area contributed by atoms with Crippen molar-refractivity contribution < 1.29 is 4.74 Å². The van der Waals surface area contributed by atoms with Gasteiger partial charge in [0, 0.05) is 49.3 Å². The Labute approximate surface area is 125 Å². The lowest BCUT2D eigenvalue weighted by Gasteiger charge is -2.28. The van der Waals surface area contributed by atoms with Crippen LogP contribution in [0.4, 0.5) is 11.4 Å². The summed E-state index contributed by atoms with van der Waals surface area (Å²) in [6, 6.07) is 8.61. The topological polar surface area (TPSA) is 42.3 Å². The molecule has 0 spiro atoms. The number of rotatable bonds is 4. The normalized spacial score (nSPS) is 15.2. The summed E-state index contributed by atoms with van der Waals surface area (Å²) in [5, 5.41) is 7.71. The fraction of sp³-hybridized carbons (Fsp3) is 0.438. The molecule has 1 aliphatic rings. The molecule has 1 aromatic carbocycles. The Morgan fingerprint density at radius 2 is 1.90 bits per heavy atom. The molecule has 0 amide bonds. The Kier molecular flexibility index (Phi) is 4.10. The molecule has 0 bridgehead atoms. The molecule has 1 aliphatic heterocycles. The molecule has 0 radical (unpaired) electrons. The lowest BCUT2D eigenvalue weighted by Crippen LogP contribution is -2.36. The van der Waals surface area contributed by atoms with Crippen LogP contribution in [0.3, 0.4) is 0 Å². The van der Waals surface area contributed by atoms with Gasteiger partial charge in [-0.05, 0) is 31.2 Å². The van der Waals surface area contributed by atoms with Crippen molar-refractivity contribution in [2.24, 2.45) is 7.05 Å². The van der Waals surface area contributed by atoms with Gasteiger partial charge in [0.05, 0.1) is 19.4 Å². The van der Waals surface area contributed by atoms with E-state index in [2.05, 4.69) is 46.5 Å². The summed E-state index contributed by atoms with van der Waals surface area (Å²) < 4.78 is 7.29. The highest BCUT2D eigenvalue weighted by Gasteiger charge is 2.10. The van der Waals surface area contributed by atoms with Gasteiger partial charge in [-0.1, -0.05) is 0 Å². The van der Waals surface area contributed by atoms with E-state index in [0.29, 0.717) is 0 Å². The van der Waals surface area contributed by atoms with E-state index in [-0.39, 0.29) is 0 Å². The highest BCUT2D eigenvalue weighted by atomic mass is 16.5. The minimum atomic E-state index is 0.802. The van der Waals surface area contributed by atoms with Gasteiger partial charge in [0.2, 0.25) is 0 Å². The number of morpholine rings is 1. The molecule has 0 saturated carbocycles. The molecule has 5 nitrogen and oxygen atoms in total. The summed E-state index contributed by atoms with van der Waals surface area (Å²) in [6.45, 7) is 6.48. The van der Waals surface area contributed by atoms with E-state index < -0.39 is 0 Å². The molecule has 3 rings (SSSR count). The summed E-state index contributed by atoms with van der Waals surface area (Å²) in [5.41, 5.74) is 4.83. The minimum Gasteiger partial charge on any atom is -0.381 e. The molecule has 1 N–H and O–H groups in total. The SMILES string of the molecule is Cc1c(CNc2ccc(N3CCOCC3)cc2)cnn1C. The molecular formula is C16H22N4O. The first-order valence-corrected chi connectivity index (χ1v) is 7.38. The monoisotopic (exact) mass is 286 g/mol. The van der Waals surface area contributed by atoms with Crippen LogP contribution in [0.5, 0.6) is 0 Å². The smallest absolute Gasteiger partial charge is 0.0642 e. The number of ether oxygens (including phenoxy) is 1. The minimum absolute atomic E-state index is 0.802. The number of aryl methyl sites for hydroxylation is 1. The number of anilines is 2. The van der Waals surface area contributed by atoms with Gasteiger partial charge in [-0.2, -0.15) is 5.10 Å². The first kappa shape index (κ1) is 13.9. The average molecular weight is 286 g/mol. The standard InChI is InChI=1S/C16H22N4O/c1-13-14(12-18-19(13)2)11-17-15-3-5-16(6-4-15)20-7-9-21-10-8-20/h3-6,12,17H,7-11H2,1-2H3. The lowest BCUT2D eigenvalue weighted by molar-refractivity contribution is 0.122. The van der Waals surface area contributed by atoms with Crippen LogP contribution in [0.15, 0.2) is 30.5 Å². The van der Waals surface area contributed by atoms with Crippen LogP contribution in [0.2, 0.25) is 0 Å². The molecule has 5 heteroatoms. The van der Waals surface area contributed by atoms with Crippen LogP contribution in [0, 0.1) is 6.92 Å². The molecule has 2 heterocycles. The maximum atomic E-state index is 5.38. The summed E-state index contributed by atoms with van der Waals surface area (Å²) in [5.74, 6) is 0. The van der Waals surface area contributed by atoms with Gasteiger partial charge < -0.3 is 15.0 Å². The second-order valence-electron chi connectivity index (χ2n) is 5.38. The van der Waals surface area contributed by atoms with E-state index >= 15 is 0 Å². The van der Waals surface area contributed by atoms with E-state index in [0.717, 1.165) is 38.5 Å². The largest absolute Gasteiger partial charge is 0.381 e. The van der Waals surface area contributed by atoms with Gasteiger partial charge in [0.15, 0.2) is 0 Å². The third-order valence-corrected chi connectivity index (χ3v) is 4.06. The van der Waals surface area contributed by atoms with Gasteiger partial charge >= 0.3 is 0 Å². The second-order valence-corrected chi connectivity index (χ2v) is 5.38. The van der Waals surface area contributed by atoms with Crippen molar-refractivity contribution in [3.05, 3.63) is 41.7 Å². The Balaban J connectivity index is 1.60. The van der Waals surface area contributed by atoms with Crippen molar-refractivity contribution in [3.63, 3.8) is 0 Å². The van der Waals surface area contributed by atoms with Crippen LogP contribution < -0.4 is 10.2 Å². The maximum Gasteiger partial charge on any atom is 0.0642 e. The fourth-order valence-corrected chi connectivity index (χ4v) is 2.53. The molecule has 112 valence electrons. The number of nitrogens with one attached hydrogen (secondary N) is 1. The molecule has 1 fully saturated rings. The van der Waals surface area contributed by atoms with Gasteiger partial charge in [0.1, 0.15) is 0 Å². The Morgan fingerprint density at radius 3 is 2.52 bits per heavy atom. The van der Waals surface area contributed by atoms with Crippen molar-refractivity contribution >= 4 is 11.4 Å². The molecule has 0 unspecified atom stereocenters. The summed E-state index contributed by atoms with van der Waals surface area (Å²) in [7, 11) is 1.97. The summed E-state index contributed by atoms with van der Waals surface area (Å²) in [4.78, 5) is 2.36. The zero-order chi connectivity index (χ0) is 14.7. The van der Waals surface area contributed by atoms with Crippen molar-refractivity contribution in [1.29, 1.82) is 0 Å². The number of benzene rings is 1. The highest BCUT2D eigenvalue weighted by molar-refractivity contribution is 5.55. The zero-order valence-corrected chi connectivity index (χ0v) is 12.7. The van der Waals surface area contributed by atoms with Crippen molar-refractivity contribution in [2.45, 2.75) is 13.5 Å². The Hall–Kier alpha value is -2.01. The van der Waals surface area contributed by atoms with Crippen LogP contribution in [-0.4, -0.2) is 36.1 Å². The van der Waals surface area contributed by atoms with Crippen molar-refractivity contribution in [3.8, 4) is 0 Å². The predicted molar refractivity (Wildman–Crippen MR) is 84.7 cm³/mol. The second kappa shape index (κ2) is 6.18. The Morgan fingerprint density at radius 1 is 1.19 bits per heavy atom. The molecule has 21 heavy (non-hydrogen) atoms. The van der Waals surface area contributed by atoms with Crippen LogP contribution in [0.25, 0.3) is 0 Å². The number of hydrogen-bond donors (Lipinski definition) is 1. The fourth-order valence-electron chi connectivity index (χ4n) is 2.53. The molecule has 0 atom stereocenters. The summed E-state index contributed by atoms with van der Waals surface area (Å²) >= 11 is 0. The molecule has 1 aromatic heterocycles. The van der Waals surface area contributed by atoms with E-state index in [1.54, 1.807) is 0 Å². The van der Waals surface area contributed by atoms with Gasteiger partial charge in [-0.25, -0.2) is 0 Å². The third kappa shape index (κ3) is 3.19. The molecule has 0 aliphatic carbocycles. The first-order chi connectivity index (χ1) is 10.2. The van der Waals surface area contributed by atoms with Gasteiger partial charge in [-0.15, -0.1) is 0 Å². The van der Waals surface area contributed by atoms with E-state index in [9.17, 15) is 0 Å². The van der Waals surface area contributed by atoms with Crippen molar-refractivity contribution in [1.82, 2.24) is 9.78 Å². The number of aromatic nitrogens is 2. The zero-order valence-electron chi connectivity index (χ0n) is 12.7. The third-order valence-electron chi connectivity index (χ3n) is 4.06. The summed E-state index contributed by atoms with van der Waals surface area (Å²) in [6.07, 6.45) is 1.92. The first-order valence-electron chi connectivity index (χ1n) is 7.38. The quantitative estimate of drug-likeness (QED) is 0.935. The van der Waals surface area contributed by atoms with Crippen LogP contribution in [0.1, 0.15) is 11.3 Å². The molecule has 1 saturated heterocycles. The van der Waals surface area contributed by atoms with Crippen molar-refractivity contribution in [2.75, 3.05) is 36.5 Å². The molecular weight excluding hydrogens is 264 g/mol. The average Bonchev–Trinajstić information content (AvgIpc) is 2.86.